The zero-order valence-electron chi connectivity index (χ0n) is 8.33. The Kier molecular flexibility index (Phi) is 2.74. The lowest BCUT2D eigenvalue weighted by atomic mass is 9.92. The molecule has 2 rings (SSSR count). The first-order chi connectivity index (χ1) is 6.71. The fraction of sp³-hybridized carbons (Fsp3) is 0.900. The molecule has 80 valence electrons. The van der Waals surface area contributed by atoms with Crippen LogP contribution < -0.4 is 5.73 Å². The zero-order valence-corrected chi connectivity index (χ0v) is 8.33. The molecule has 0 unspecified atom stereocenters. The van der Waals surface area contributed by atoms with Crippen LogP contribution in [0.1, 0.15) is 25.7 Å². The van der Waals surface area contributed by atoms with Gasteiger partial charge in [-0.3, -0.25) is 4.79 Å². The minimum Gasteiger partial charge on any atom is -0.464 e. The van der Waals surface area contributed by atoms with Crippen molar-refractivity contribution in [1.82, 2.24) is 0 Å². The molecule has 0 aromatic rings. The monoisotopic (exact) mass is 199 g/mol. The van der Waals surface area contributed by atoms with Crippen LogP contribution in [-0.2, 0) is 14.3 Å². The Morgan fingerprint density at radius 1 is 1.43 bits per heavy atom. The highest BCUT2D eigenvalue weighted by atomic mass is 16.5. The second-order valence-electron chi connectivity index (χ2n) is 4.31. The van der Waals surface area contributed by atoms with Gasteiger partial charge in [-0.05, 0) is 31.6 Å². The van der Waals surface area contributed by atoms with Crippen molar-refractivity contribution >= 4 is 5.97 Å². The van der Waals surface area contributed by atoms with Gasteiger partial charge in [-0.1, -0.05) is 0 Å². The largest absolute Gasteiger partial charge is 0.464 e. The first-order valence-corrected chi connectivity index (χ1v) is 5.24. The number of carbonyl (C=O) groups is 1. The highest BCUT2D eigenvalue weighted by Crippen LogP contribution is 2.29. The van der Waals surface area contributed by atoms with Crippen molar-refractivity contribution in [3.8, 4) is 0 Å². The van der Waals surface area contributed by atoms with Gasteiger partial charge in [0.15, 0.2) is 0 Å². The van der Waals surface area contributed by atoms with E-state index in [4.69, 9.17) is 15.2 Å². The van der Waals surface area contributed by atoms with Crippen LogP contribution in [0.15, 0.2) is 0 Å². The summed E-state index contributed by atoms with van der Waals surface area (Å²) in [6, 6.07) is 0. The van der Waals surface area contributed by atoms with Crippen molar-refractivity contribution in [2.75, 3.05) is 19.8 Å². The van der Waals surface area contributed by atoms with Crippen LogP contribution in [0, 0.1) is 5.92 Å². The molecule has 0 bridgehead atoms. The molecule has 1 aliphatic heterocycles. The summed E-state index contributed by atoms with van der Waals surface area (Å²) in [6.45, 7) is 1.68. The zero-order chi connectivity index (χ0) is 10.0. The highest BCUT2D eigenvalue weighted by Gasteiger charge is 2.38. The summed E-state index contributed by atoms with van der Waals surface area (Å²) in [6.07, 6.45) is 3.54. The van der Waals surface area contributed by atoms with E-state index in [0.29, 0.717) is 38.6 Å². The Labute approximate surface area is 83.7 Å². The van der Waals surface area contributed by atoms with Crippen molar-refractivity contribution in [3.63, 3.8) is 0 Å². The van der Waals surface area contributed by atoms with Crippen LogP contribution in [0.2, 0.25) is 0 Å². The maximum absolute atomic E-state index is 11.6. The second-order valence-corrected chi connectivity index (χ2v) is 4.31. The molecule has 1 saturated carbocycles. The summed E-state index contributed by atoms with van der Waals surface area (Å²) in [5.74, 6) is 0.357. The van der Waals surface area contributed by atoms with Crippen molar-refractivity contribution < 1.29 is 14.3 Å². The van der Waals surface area contributed by atoms with Gasteiger partial charge < -0.3 is 15.2 Å². The Balaban J connectivity index is 1.80. The third kappa shape index (κ3) is 2.25. The first kappa shape index (κ1) is 9.93. The van der Waals surface area contributed by atoms with Crippen molar-refractivity contribution in [2.45, 2.75) is 31.2 Å². The average Bonchev–Trinajstić information content (AvgIpc) is 2.99. The Hall–Kier alpha value is -0.610. The standard InChI is InChI=1S/C10H17NO3/c11-10(3-5-13-6-4-10)9(12)14-7-8-1-2-8/h8H,1-7,11H2. The van der Waals surface area contributed by atoms with E-state index < -0.39 is 5.54 Å². The van der Waals surface area contributed by atoms with E-state index in [2.05, 4.69) is 0 Å². The minimum atomic E-state index is -0.785. The molecule has 0 amide bonds. The number of hydrogen-bond donors (Lipinski definition) is 1. The smallest absolute Gasteiger partial charge is 0.326 e. The SMILES string of the molecule is NC1(C(=O)OCC2CC2)CCOCC1. The van der Waals surface area contributed by atoms with E-state index in [-0.39, 0.29) is 5.97 Å². The van der Waals surface area contributed by atoms with Crippen LogP contribution in [0.4, 0.5) is 0 Å². The lowest BCUT2D eigenvalue weighted by molar-refractivity contribution is -0.154. The number of hydrogen-bond acceptors (Lipinski definition) is 4. The number of rotatable bonds is 3. The van der Waals surface area contributed by atoms with E-state index in [9.17, 15) is 4.79 Å². The minimum absolute atomic E-state index is 0.243. The Morgan fingerprint density at radius 2 is 2.07 bits per heavy atom. The summed E-state index contributed by atoms with van der Waals surface area (Å²) in [7, 11) is 0. The summed E-state index contributed by atoms with van der Waals surface area (Å²) in [5, 5.41) is 0. The molecule has 1 aliphatic carbocycles. The van der Waals surface area contributed by atoms with Gasteiger partial charge in [0.25, 0.3) is 0 Å². The molecule has 0 spiro atoms. The number of carbonyl (C=O) groups excluding carboxylic acids is 1. The fourth-order valence-electron chi connectivity index (χ4n) is 1.56. The van der Waals surface area contributed by atoms with E-state index in [0.717, 1.165) is 0 Å². The molecule has 4 heteroatoms. The van der Waals surface area contributed by atoms with E-state index in [1.807, 2.05) is 0 Å². The normalized spacial score (nSPS) is 25.8. The molecular weight excluding hydrogens is 182 g/mol. The predicted molar refractivity (Wildman–Crippen MR) is 50.7 cm³/mol. The Morgan fingerprint density at radius 3 is 2.64 bits per heavy atom. The third-order valence-electron chi connectivity index (χ3n) is 2.94. The lowest BCUT2D eigenvalue weighted by Crippen LogP contribution is -2.52. The van der Waals surface area contributed by atoms with Gasteiger partial charge in [0, 0.05) is 13.2 Å². The number of esters is 1. The van der Waals surface area contributed by atoms with Gasteiger partial charge in [0.2, 0.25) is 0 Å². The molecule has 2 fully saturated rings. The summed E-state index contributed by atoms with van der Waals surface area (Å²) in [4.78, 5) is 11.6. The fourth-order valence-corrected chi connectivity index (χ4v) is 1.56. The quantitative estimate of drug-likeness (QED) is 0.670. The molecule has 2 N–H and O–H groups in total. The average molecular weight is 199 g/mol. The maximum atomic E-state index is 11.6. The van der Waals surface area contributed by atoms with Crippen LogP contribution in [0.5, 0.6) is 0 Å². The molecule has 1 saturated heterocycles. The van der Waals surface area contributed by atoms with E-state index in [1.165, 1.54) is 12.8 Å². The number of ether oxygens (including phenoxy) is 2. The van der Waals surface area contributed by atoms with Crippen molar-refractivity contribution in [3.05, 3.63) is 0 Å². The van der Waals surface area contributed by atoms with Gasteiger partial charge in [-0.15, -0.1) is 0 Å². The van der Waals surface area contributed by atoms with Crippen LogP contribution in [0.3, 0.4) is 0 Å². The first-order valence-electron chi connectivity index (χ1n) is 5.24. The summed E-state index contributed by atoms with van der Waals surface area (Å²) < 4.78 is 10.4. The topological polar surface area (TPSA) is 61.6 Å². The molecule has 0 aromatic heterocycles. The highest BCUT2D eigenvalue weighted by molar-refractivity contribution is 5.80. The van der Waals surface area contributed by atoms with Crippen molar-refractivity contribution in [2.24, 2.45) is 11.7 Å². The van der Waals surface area contributed by atoms with Crippen LogP contribution >= 0.6 is 0 Å². The molecule has 0 atom stereocenters. The van der Waals surface area contributed by atoms with Crippen molar-refractivity contribution in [1.29, 1.82) is 0 Å². The second kappa shape index (κ2) is 3.87. The molecule has 0 radical (unpaired) electrons. The molecule has 2 aliphatic rings. The maximum Gasteiger partial charge on any atom is 0.326 e. The number of nitrogens with two attached hydrogens (primary N) is 1. The van der Waals surface area contributed by atoms with Crippen LogP contribution in [0.25, 0.3) is 0 Å². The van der Waals surface area contributed by atoms with E-state index >= 15 is 0 Å². The van der Waals surface area contributed by atoms with Gasteiger partial charge in [0.1, 0.15) is 5.54 Å². The summed E-state index contributed by atoms with van der Waals surface area (Å²) >= 11 is 0. The summed E-state index contributed by atoms with van der Waals surface area (Å²) in [5.41, 5.74) is 5.17. The van der Waals surface area contributed by atoms with Gasteiger partial charge in [-0.25, -0.2) is 0 Å². The molecule has 14 heavy (non-hydrogen) atoms. The third-order valence-corrected chi connectivity index (χ3v) is 2.94. The molecule has 0 aromatic carbocycles. The molecule has 1 heterocycles. The molecular formula is C10H17NO3. The van der Waals surface area contributed by atoms with Gasteiger partial charge >= 0.3 is 5.97 Å². The van der Waals surface area contributed by atoms with Gasteiger partial charge in [-0.2, -0.15) is 0 Å². The molecule has 4 nitrogen and oxygen atoms in total. The predicted octanol–water partition coefficient (Wildman–Crippen LogP) is 0.447. The lowest BCUT2D eigenvalue weighted by Gasteiger charge is -2.30. The Bertz CT molecular complexity index is 219. The van der Waals surface area contributed by atoms with Crippen LogP contribution in [-0.4, -0.2) is 31.3 Å². The van der Waals surface area contributed by atoms with E-state index in [1.54, 1.807) is 0 Å². The van der Waals surface area contributed by atoms with Gasteiger partial charge in [0.05, 0.1) is 6.61 Å².